The molecule has 1 rings (SSSR count). The van der Waals surface area contributed by atoms with Gasteiger partial charge in [-0.1, -0.05) is 13.8 Å². The maximum absolute atomic E-state index is 11.9. The largest absolute Gasteiger partial charge is 0.394 e. The zero-order valence-electron chi connectivity index (χ0n) is 10.5. The van der Waals surface area contributed by atoms with Crippen LogP contribution >= 0.6 is 0 Å². The highest BCUT2D eigenvalue weighted by molar-refractivity contribution is 5.80. The fourth-order valence-electron chi connectivity index (χ4n) is 2.27. The predicted molar refractivity (Wildman–Crippen MR) is 64.0 cm³/mol. The van der Waals surface area contributed by atoms with Gasteiger partial charge >= 0.3 is 0 Å². The van der Waals surface area contributed by atoms with E-state index in [1.807, 2.05) is 6.92 Å². The van der Waals surface area contributed by atoms with Gasteiger partial charge in [0.1, 0.15) is 0 Å². The highest BCUT2D eigenvalue weighted by atomic mass is 16.3. The Hall–Kier alpha value is -0.610. The highest BCUT2D eigenvalue weighted by Gasteiger charge is 2.30. The van der Waals surface area contributed by atoms with Gasteiger partial charge in [-0.2, -0.15) is 0 Å². The molecular formula is C12H24N2O2. The van der Waals surface area contributed by atoms with Crippen molar-refractivity contribution in [3.05, 3.63) is 0 Å². The lowest BCUT2D eigenvalue weighted by Gasteiger charge is -2.22. The second-order valence-corrected chi connectivity index (χ2v) is 5.16. The molecule has 3 atom stereocenters. The standard InChI is InChI=1S/C12H24N2O2/c1-8(2)6-10(7-15)14-12(16)11-4-5-13-9(11)3/h8-11,13,15H,4-7H2,1-3H3,(H,14,16). The second kappa shape index (κ2) is 6.21. The molecule has 16 heavy (non-hydrogen) atoms. The fraction of sp³-hybridized carbons (Fsp3) is 0.917. The summed E-state index contributed by atoms with van der Waals surface area (Å²) in [6, 6.07) is 0.152. The van der Waals surface area contributed by atoms with Crippen LogP contribution in [0.4, 0.5) is 0 Å². The van der Waals surface area contributed by atoms with Crippen molar-refractivity contribution in [2.45, 2.75) is 45.7 Å². The Morgan fingerprint density at radius 2 is 2.25 bits per heavy atom. The van der Waals surface area contributed by atoms with E-state index in [1.165, 1.54) is 0 Å². The van der Waals surface area contributed by atoms with Crippen LogP contribution in [0.5, 0.6) is 0 Å². The van der Waals surface area contributed by atoms with Crippen LogP contribution in [-0.4, -0.2) is 36.2 Å². The molecule has 0 aliphatic carbocycles. The molecule has 4 nitrogen and oxygen atoms in total. The van der Waals surface area contributed by atoms with Gasteiger partial charge in [0.05, 0.1) is 18.6 Å². The Labute approximate surface area is 97.8 Å². The van der Waals surface area contributed by atoms with Crippen molar-refractivity contribution in [1.82, 2.24) is 10.6 Å². The zero-order valence-corrected chi connectivity index (χ0v) is 10.5. The quantitative estimate of drug-likeness (QED) is 0.642. The third-order valence-electron chi connectivity index (χ3n) is 3.18. The number of amides is 1. The van der Waals surface area contributed by atoms with E-state index in [9.17, 15) is 9.90 Å². The van der Waals surface area contributed by atoms with Crippen molar-refractivity contribution >= 4 is 5.91 Å². The summed E-state index contributed by atoms with van der Waals surface area (Å²) < 4.78 is 0. The van der Waals surface area contributed by atoms with Crippen molar-refractivity contribution in [3.63, 3.8) is 0 Å². The number of aliphatic hydroxyl groups is 1. The molecule has 1 aliphatic rings. The molecule has 1 heterocycles. The zero-order chi connectivity index (χ0) is 12.1. The Morgan fingerprint density at radius 1 is 1.56 bits per heavy atom. The smallest absolute Gasteiger partial charge is 0.225 e. The molecule has 0 bridgehead atoms. The Bertz CT molecular complexity index is 231. The van der Waals surface area contributed by atoms with Crippen LogP contribution in [0.25, 0.3) is 0 Å². The molecule has 0 aromatic rings. The minimum atomic E-state index is -0.0969. The van der Waals surface area contributed by atoms with Gasteiger partial charge in [0.2, 0.25) is 5.91 Å². The summed E-state index contributed by atoms with van der Waals surface area (Å²) in [7, 11) is 0. The first-order valence-electron chi connectivity index (χ1n) is 6.19. The van der Waals surface area contributed by atoms with E-state index >= 15 is 0 Å². The van der Waals surface area contributed by atoms with Crippen LogP contribution < -0.4 is 10.6 Å². The number of rotatable bonds is 5. The van der Waals surface area contributed by atoms with Crippen molar-refractivity contribution in [2.24, 2.45) is 11.8 Å². The number of aliphatic hydroxyl groups excluding tert-OH is 1. The monoisotopic (exact) mass is 228 g/mol. The molecule has 1 saturated heterocycles. The van der Waals surface area contributed by atoms with E-state index in [0.717, 1.165) is 19.4 Å². The van der Waals surface area contributed by atoms with Gasteiger partial charge in [0.15, 0.2) is 0 Å². The van der Waals surface area contributed by atoms with E-state index in [4.69, 9.17) is 0 Å². The molecule has 0 aromatic heterocycles. The molecule has 94 valence electrons. The Balaban J connectivity index is 2.42. The lowest BCUT2D eigenvalue weighted by Crippen LogP contribution is -2.44. The minimum Gasteiger partial charge on any atom is -0.394 e. The van der Waals surface area contributed by atoms with Crippen LogP contribution in [-0.2, 0) is 4.79 Å². The molecule has 3 unspecified atom stereocenters. The number of carbonyl (C=O) groups is 1. The third-order valence-corrected chi connectivity index (χ3v) is 3.18. The van der Waals surface area contributed by atoms with Crippen LogP contribution in [0.3, 0.4) is 0 Å². The summed E-state index contributed by atoms with van der Waals surface area (Å²) in [5.74, 6) is 0.620. The van der Waals surface area contributed by atoms with Gasteiger partial charge in [-0.25, -0.2) is 0 Å². The number of carbonyl (C=O) groups excluding carboxylic acids is 1. The summed E-state index contributed by atoms with van der Waals surface area (Å²) in [5.41, 5.74) is 0. The molecular weight excluding hydrogens is 204 g/mol. The molecule has 0 spiro atoms. The van der Waals surface area contributed by atoms with Crippen LogP contribution in [0.1, 0.15) is 33.6 Å². The number of nitrogens with one attached hydrogen (secondary N) is 2. The van der Waals surface area contributed by atoms with E-state index in [1.54, 1.807) is 0 Å². The van der Waals surface area contributed by atoms with Gasteiger partial charge in [-0.3, -0.25) is 4.79 Å². The van der Waals surface area contributed by atoms with Crippen LogP contribution in [0.15, 0.2) is 0 Å². The predicted octanol–water partition coefficient (Wildman–Crippen LogP) is 0.508. The lowest BCUT2D eigenvalue weighted by atomic mass is 9.99. The summed E-state index contributed by atoms with van der Waals surface area (Å²) in [6.07, 6.45) is 1.73. The number of hydrogen-bond donors (Lipinski definition) is 3. The first-order valence-corrected chi connectivity index (χ1v) is 6.19. The van der Waals surface area contributed by atoms with Gasteiger partial charge in [0.25, 0.3) is 0 Å². The van der Waals surface area contributed by atoms with Crippen molar-refractivity contribution in [2.75, 3.05) is 13.2 Å². The maximum Gasteiger partial charge on any atom is 0.225 e. The van der Waals surface area contributed by atoms with E-state index in [-0.39, 0.29) is 30.5 Å². The summed E-state index contributed by atoms with van der Waals surface area (Å²) in [4.78, 5) is 11.9. The summed E-state index contributed by atoms with van der Waals surface area (Å²) in [6.45, 7) is 7.16. The minimum absolute atomic E-state index is 0.0262. The van der Waals surface area contributed by atoms with E-state index in [0.29, 0.717) is 5.92 Å². The molecule has 1 amide bonds. The average molecular weight is 228 g/mol. The highest BCUT2D eigenvalue weighted by Crippen LogP contribution is 2.16. The molecule has 3 N–H and O–H groups in total. The normalized spacial score (nSPS) is 27.1. The van der Waals surface area contributed by atoms with Crippen molar-refractivity contribution in [1.29, 1.82) is 0 Å². The van der Waals surface area contributed by atoms with Gasteiger partial charge in [0, 0.05) is 6.04 Å². The molecule has 4 heteroatoms. The topological polar surface area (TPSA) is 61.4 Å². The van der Waals surface area contributed by atoms with E-state index in [2.05, 4.69) is 24.5 Å². The average Bonchev–Trinajstić information content (AvgIpc) is 2.62. The summed E-state index contributed by atoms with van der Waals surface area (Å²) in [5, 5.41) is 15.4. The molecule has 0 saturated carbocycles. The first-order chi connectivity index (χ1) is 7.54. The molecule has 0 radical (unpaired) electrons. The molecule has 1 aliphatic heterocycles. The van der Waals surface area contributed by atoms with Gasteiger partial charge in [-0.15, -0.1) is 0 Å². The second-order valence-electron chi connectivity index (χ2n) is 5.16. The molecule has 1 fully saturated rings. The first kappa shape index (κ1) is 13.5. The van der Waals surface area contributed by atoms with Crippen LogP contribution in [0.2, 0.25) is 0 Å². The van der Waals surface area contributed by atoms with Crippen molar-refractivity contribution in [3.8, 4) is 0 Å². The van der Waals surface area contributed by atoms with Gasteiger partial charge in [-0.05, 0) is 32.2 Å². The fourth-order valence-corrected chi connectivity index (χ4v) is 2.27. The Morgan fingerprint density at radius 3 is 2.69 bits per heavy atom. The number of hydrogen-bond acceptors (Lipinski definition) is 3. The third kappa shape index (κ3) is 3.76. The van der Waals surface area contributed by atoms with Crippen LogP contribution in [0, 0.1) is 11.8 Å². The van der Waals surface area contributed by atoms with E-state index < -0.39 is 0 Å². The Kier molecular flexibility index (Phi) is 5.22. The lowest BCUT2D eigenvalue weighted by molar-refractivity contribution is -0.126. The molecule has 0 aromatic carbocycles. The van der Waals surface area contributed by atoms with Gasteiger partial charge < -0.3 is 15.7 Å². The summed E-state index contributed by atoms with van der Waals surface area (Å²) >= 11 is 0. The SMILES string of the molecule is CC(C)CC(CO)NC(=O)C1CCNC1C. The van der Waals surface area contributed by atoms with Crippen molar-refractivity contribution < 1.29 is 9.90 Å². The maximum atomic E-state index is 11.9.